The van der Waals surface area contributed by atoms with Gasteiger partial charge in [-0.15, -0.1) is 24.0 Å². The van der Waals surface area contributed by atoms with Gasteiger partial charge < -0.3 is 0 Å². The summed E-state index contributed by atoms with van der Waals surface area (Å²) in [5.41, 5.74) is 0.239. The Kier molecular flexibility index (Phi) is 3.51. The summed E-state index contributed by atoms with van der Waals surface area (Å²) in [7, 11) is 0. The Balaban J connectivity index is 2.23. The fourth-order valence-corrected chi connectivity index (χ4v) is 3.37. The molecule has 22 heavy (non-hydrogen) atoms. The van der Waals surface area contributed by atoms with E-state index >= 15 is 0 Å². The Hall–Kier alpha value is -2.52. The standard InChI is InChI=1S/C13H7N3O4S2/c17-15(18)7-4-5-8(9(6-7)16(19)20)13-14-12-10(21)2-1-3-11(12)22-13/h1-6,21H. The van der Waals surface area contributed by atoms with Gasteiger partial charge in [-0.1, -0.05) is 6.07 Å². The van der Waals surface area contributed by atoms with E-state index in [0.29, 0.717) is 15.4 Å². The molecule has 0 saturated heterocycles. The molecule has 110 valence electrons. The van der Waals surface area contributed by atoms with E-state index in [2.05, 4.69) is 17.6 Å². The van der Waals surface area contributed by atoms with Crippen LogP contribution in [-0.2, 0) is 0 Å². The molecule has 0 spiro atoms. The maximum atomic E-state index is 11.2. The zero-order chi connectivity index (χ0) is 15.9. The van der Waals surface area contributed by atoms with E-state index < -0.39 is 9.85 Å². The van der Waals surface area contributed by atoms with Crippen molar-refractivity contribution in [1.29, 1.82) is 0 Å². The number of hydrogen-bond donors (Lipinski definition) is 1. The van der Waals surface area contributed by atoms with Gasteiger partial charge >= 0.3 is 0 Å². The smallest absolute Gasteiger partial charge is 0.258 e. The molecule has 0 saturated carbocycles. The van der Waals surface area contributed by atoms with Crippen LogP contribution in [0.4, 0.5) is 11.4 Å². The lowest BCUT2D eigenvalue weighted by Gasteiger charge is -1.99. The quantitative estimate of drug-likeness (QED) is 0.442. The number of nitro groups is 2. The van der Waals surface area contributed by atoms with Gasteiger partial charge in [0.15, 0.2) is 0 Å². The molecule has 0 radical (unpaired) electrons. The van der Waals surface area contributed by atoms with Crippen molar-refractivity contribution in [3.05, 3.63) is 56.6 Å². The molecule has 0 N–H and O–H groups in total. The lowest BCUT2D eigenvalue weighted by Crippen LogP contribution is -1.95. The summed E-state index contributed by atoms with van der Waals surface area (Å²) in [5, 5.41) is 22.4. The summed E-state index contributed by atoms with van der Waals surface area (Å²) in [6.07, 6.45) is 0. The molecule has 3 rings (SSSR count). The molecule has 0 fully saturated rings. The highest BCUT2D eigenvalue weighted by atomic mass is 32.1. The molecule has 2 aromatic carbocycles. The lowest BCUT2D eigenvalue weighted by molar-refractivity contribution is -0.393. The van der Waals surface area contributed by atoms with E-state index in [0.717, 1.165) is 10.8 Å². The summed E-state index contributed by atoms with van der Waals surface area (Å²) in [6.45, 7) is 0. The van der Waals surface area contributed by atoms with Gasteiger partial charge in [-0.2, -0.15) is 0 Å². The van der Waals surface area contributed by atoms with Gasteiger partial charge in [-0.25, -0.2) is 4.98 Å². The largest absolute Gasteiger partial charge is 0.286 e. The molecule has 0 aliphatic heterocycles. The summed E-state index contributed by atoms with van der Waals surface area (Å²) < 4.78 is 0.843. The number of fused-ring (bicyclic) bond motifs is 1. The van der Waals surface area contributed by atoms with Gasteiger partial charge in [0.25, 0.3) is 11.4 Å². The Labute approximate surface area is 132 Å². The molecule has 0 atom stereocenters. The molecule has 0 amide bonds. The van der Waals surface area contributed by atoms with Crippen LogP contribution in [0.5, 0.6) is 0 Å². The monoisotopic (exact) mass is 333 g/mol. The van der Waals surface area contributed by atoms with Gasteiger partial charge in [0.2, 0.25) is 0 Å². The van der Waals surface area contributed by atoms with E-state index in [1.807, 2.05) is 12.1 Å². The lowest BCUT2D eigenvalue weighted by atomic mass is 10.1. The third kappa shape index (κ3) is 2.40. The zero-order valence-electron chi connectivity index (χ0n) is 10.8. The number of thiol groups is 1. The van der Waals surface area contributed by atoms with Crippen molar-refractivity contribution in [2.75, 3.05) is 0 Å². The summed E-state index contributed by atoms with van der Waals surface area (Å²) in [4.78, 5) is 25.7. The molecule has 0 aliphatic rings. The fourth-order valence-electron chi connectivity index (χ4n) is 2.01. The molecular formula is C13H7N3O4S2. The van der Waals surface area contributed by atoms with E-state index in [9.17, 15) is 20.2 Å². The highest BCUT2D eigenvalue weighted by molar-refractivity contribution is 7.80. The van der Waals surface area contributed by atoms with Crippen molar-refractivity contribution in [1.82, 2.24) is 4.98 Å². The number of rotatable bonds is 3. The van der Waals surface area contributed by atoms with Crippen molar-refractivity contribution in [3.8, 4) is 10.6 Å². The first-order valence-electron chi connectivity index (χ1n) is 5.99. The van der Waals surface area contributed by atoms with Crippen LogP contribution in [0.2, 0.25) is 0 Å². The molecule has 7 nitrogen and oxygen atoms in total. The second-order valence-electron chi connectivity index (χ2n) is 4.36. The second kappa shape index (κ2) is 5.35. The third-order valence-electron chi connectivity index (χ3n) is 3.02. The van der Waals surface area contributed by atoms with Crippen LogP contribution >= 0.6 is 24.0 Å². The van der Waals surface area contributed by atoms with Crippen molar-refractivity contribution in [2.24, 2.45) is 0 Å². The van der Waals surface area contributed by atoms with Gasteiger partial charge in [0.1, 0.15) is 5.01 Å². The Morgan fingerprint density at radius 3 is 2.50 bits per heavy atom. The van der Waals surface area contributed by atoms with Gasteiger partial charge in [0, 0.05) is 11.0 Å². The van der Waals surface area contributed by atoms with Crippen LogP contribution < -0.4 is 0 Å². The number of nitrogens with zero attached hydrogens (tertiary/aromatic N) is 3. The van der Waals surface area contributed by atoms with Crippen LogP contribution in [-0.4, -0.2) is 14.8 Å². The van der Waals surface area contributed by atoms with Crippen molar-refractivity contribution < 1.29 is 9.85 Å². The topological polar surface area (TPSA) is 99.2 Å². The van der Waals surface area contributed by atoms with Crippen LogP contribution in [0, 0.1) is 20.2 Å². The molecular weight excluding hydrogens is 326 g/mol. The van der Waals surface area contributed by atoms with Crippen molar-refractivity contribution in [2.45, 2.75) is 4.90 Å². The number of hydrogen-bond acceptors (Lipinski definition) is 7. The number of aromatic nitrogens is 1. The normalized spacial score (nSPS) is 10.8. The molecule has 0 bridgehead atoms. The van der Waals surface area contributed by atoms with Gasteiger partial charge in [0.05, 0.1) is 31.7 Å². The highest BCUT2D eigenvalue weighted by Crippen LogP contribution is 2.38. The minimum absolute atomic E-state index is 0.254. The molecule has 1 heterocycles. The number of para-hydroxylation sites is 1. The van der Waals surface area contributed by atoms with Crippen molar-refractivity contribution in [3.63, 3.8) is 0 Å². The van der Waals surface area contributed by atoms with E-state index in [1.54, 1.807) is 6.07 Å². The average molecular weight is 333 g/mol. The minimum atomic E-state index is -0.666. The van der Waals surface area contributed by atoms with Crippen LogP contribution in [0.3, 0.4) is 0 Å². The van der Waals surface area contributed by atoms with Crippen molar-refractivity contribution >= 4 is 45.6 Å². The Morgan fingerprint density at radius 2 is 1.86 bits per heavy atom. The molecule has 9 heteroatoms. The minimum Gasteiger partial charge on any atom is -0.258 e. The average Bonchev–Trinajstić information content (AvgIpc) is 2.92. The SMILES string of the molecule is O=[N+]([O-])c1ccc(-c2nc3c(S)cccc3s2)c([N+](=O)[O-])c1. The zero-order valence-corrected chi connectivity index (χ0v) is 12.5. The molecule has 0 unspecified atom stereocenters. The summed E-state index contributed by atoms with van der Waals surface area (Å²) in [6, 6.07) is 8.97. The number of benzene rings is 2. The van der Waals surface area contributed by atoms with Crippen LogP contribution in [0.15, 0.2) is 41.3 Å². The molecule has 0 aliphatic carbocycles. The molecule has 3 aromatic rings. The van der Waals surface area contributed by atoms with E-state index in [1.165, 1.54) is 23.5 Å². The number of nitro benzene ring substituents is 2. The first kappa shape index (κ1) is 14.4. The fraction of sp³-hybridized carbons (Fsp3) is 0. The second-order valence-corrected chi connectivity index (χ2v) is 5.87. The third-order valence-corrected chi connectivity index (χ3v) is 4.43. The highest BCUT2D eigenvalue weighted by Gasteiger charge is 2.23. The van der Waals surface area contributed by atoms with Crippen LogP contribution in [0.25, 0.3) is 20.8 Å². The Bertz CT molecular complexity index is 923. The van der Waals surface area contributed by atoms with E-state index in [-0.39, 0.29) is 16.9 Å². The maximum absolute atomic E-state index is 11.2. The Morgan fingerprint density at radius 1 is 1.09 bits per heavy atom. The predicted octanol–water partition coefficient (Wildman–Crippen LogP) is 4.07. The van der Waals surface area contributed by atoms with Gasteiger partial charge in [-0.3, -0.25) is 20.2 Å². The molecule has 1 aromatic heterocycles. The maximum Gasteiger partial charge on any atom is 0.286 e. The predicted molar refractivity (Wildman–Crippen MR) is 85.6 cm³/mol. The number of non-ortho nitro benzene ring substituents is 1. The first-order chi connectivity index (χ1) is 10.5. The summed E-state index contributed by atoms with van der Waals surface area (Å²) in [5.74, 6) is 0. The van der Waals surface area contributed by atoms with E-state index in [4.69, 9.17) is 0 Å². The first-order valence-corrected chi connectivity index (χ1v) is 7.25. The van der Waals surface area contributed by atoms with Crippen LogP contribution in [0.1, 0.15) is 0 Å². The number of thiazole rings is 1. The summed E-state index contributed by atoms with van der Waals surface area (Å²) >= 11 is 5.58. The van der Waals surface area contributed by atoms with Gasteiger partial charge in [-0.05, 0) is 18.2 Å².